The smallest absolute Gasteiger partial charge is 0.137 e. The topological polar surface area (TPSA) is 25.2 Å². The van der Waals surface area contributed by atoms with Crippen LogP contribution in [-0.4, -0.2) is 0 Å². The third kappa shape index (κ3) is 3.65. The summed E-state index contributed by atoms with van der Waals surface area (Å²) in [5.41, 5.74) is 8.82. The van der Waals surface area contributed by atoms with E-state index in [1.807, 2.05) is 12.1 Å². The Morgan fingerprint density at radius 1 is 0.375 bits per heavy atom. The number of hydrogen-bond donors (Lipinski definition) is 1. The van der Waals surface area contributed by atoms with Gasteiger partial charge in [0.2, 0.25) is 0 Å². The number of anilines is 2. The number of benzene rings is 7. The summed E-state index contributed by atoms with van der Waals surface area (Å²) in [5.74, 6) is 0. The van der Waals surface area contributed by atoms with Crippen LogP contribution in [-0.2, 0) is 0 Å². The molecule has 0 unspecified atom stereocenters. The van der Waals surface area contributed by atoms with Gasteiger partial charge < -0.3 is 9.73 Å². The molecule has 0 amide bonds. The van der Waals surface area contributed by atoms with Gasteiger partial charge in [-0.15, -0.1) is 0 Å². The monoisotopic (exact) mass is 511 g/mol. The van der Waals surface area contributed by atoms with Crippen molar-refractivity contribution in [2.45, 2.75) is 0 Å². The summed E-state index contributed by atoms with van der Waals surface area (Å²) >= 11 is 0. The fourth-order valence-corrected chi connectivity index (χ4v) is 6.01. The van der Waals surface area contributed by atoms with Crippen LogP contribution in [0.25, 0.3) is 65.7 Å². The molecule has 8 rings (SSSR count). The Morgan fingerprint density at radius 3 is 1.70 bits per heavy atom. The zero-order valence-electron chi connectivity index (χ0n) is 21.8. The molecule has 0 aliphatic rings. The van der Waals surface area contributed by atoms with E-state index >= 15 is 0 Å². The van der Waals surface area contributed by atoms with Crippen molar-refractivity contribution in [2.24, 2.45) is 0 Å². The molecule has 0 fully saturated rings. The largest absolute Gasteiger partial charge is 0.456 e. The van der Waals surface area contributed by atoms with Crippen LogP contribution < -0.4 is 5.32 Å². The molecule has 0 spiro atoms. The Kier molecular flexibility index (Phi) is 5.17. The molecule has 0 aliphatic carbocycles. The lowest BCUT2D eigenvalue weighted by atomic mass is 9.90. The van der Waals surface area contributed by atoms with Crippen LogP contribution in [0.5, 0.6) is 0 Å². The molecule has 188 valence electrons. The molecule has 1 N–H and O–H groups in total. The van der Waals surface area contributed by atoms with Gasteiger partial charge >= 0.3 is 0 Å². The Bertz CT molecular complexity index is 2190. The van der Waals surface area contributed by atoms with E-state index in [9.17, 15) is 0 Å². The molecule has 1 aromatic heterocycles. The quantitative estimate of drug-likeness (QED) is 0.254. The number of para-hydroxylation sites is 1. The molecular formula is C38H25NO. The van der Waals surface area contributed by atoms with Crippen LogP contribution >= 0.6 is 0 Å². The third-order valence-corrected chi connectivity index (χ3v) is 7.88. The summed E-state index contributed by atoms with van der Waals surface area (Å²) in [6, 6.07) is 51.5. The van der Waals surface area contributed by atoms with Crippen LogP contribution in [0.2, 0.25) is 0 Å². The fraction of sp³-hybridized carbons (Fsp3) is 0. The number of fused-ring (bicyclic) bond motifs is 5. The molecule has 40 heavy (non-hydrogen) atoms. The lowest BCUT2D eigenvalue weighted by molar-refractivity contribution is 0.669. The highest BCUT2D eigenvalue weighted by molar-refractivity contribution is 6.12. The summed E-state index contributed by atoms with van der Waals surface area (Å²) in [7, 11) is 0. The highest BCUT2D eigenvalue weighted by Crippen LogP contribution is 2.41. The Labute approximate surface area is 232 Å². The molecule has 0 radical (unpaired) electrons. The van der Waals surface area contributed by atoms with Crippen molar-refractivity contribution in [3.8, 4) is 22.3 Å². The zero-order chi connectivity index (χ0) is 26.5. The zero-order valence-corrected chi connectivity index (χ0v) is 21.8. The van der Waals surface area contributed by atoms with Crippen LogP contribution in [0, 0.1) is 0 Å². The molecule has 2 nitrogen and oxygen atoms in total. The minimum atomic E-state index is 0.886. The van der Waals surface area contributed by atoms with Gasteiger partial charge in [0.1, 0.15) is 11.2 Å². The van der Waals surface area contributed by atoms with Crippen molar-refractivity contribution in [1.29, 1.82) is 0 Å². The molecule has 0 saturated carbocycles. The summed E-state index contributed by atoms with van der Waals surface area (Å²) in [6.07, 6.45) is 0. The summed E-state index contributed by atoms with van der Waals surface area (Å²) in [4.78, 5) is 0. The lowest BCUT2D eigenvalue weighted by Crippen LogP contribution is -1.93. The molecule has 0 atom stereocenters. The van der Waals surface area contributed by atoms with E-state index in [0.717, 1.165) is 33.3 Å². The van der Waals surface area contributed by atoms with Crippen molar-refractivity contribution < 1.29 is 4.42 Å². The number of nitrogens with one attached hydrogen (secondary N) is 1. The normalized spacial score (nSPS) is 11.5. The van der Waals surface area contributed by atoms with Gasteiger partial charge in [-0.2, -0.15) is 0 Å². The van der Waals surface area contributed by atoms with Crippen LogP contribution in [0.3, 0.4) is 0 Å². The highest BCUT2D eigenvalue weighted by Gasteiger charge is 2.14. The highest BCUT2D eigenvalue weighted by atomic mass is 16.3. The van der Waals surface area contributed by atoms with Crippen LogP contribution in [0.4, 0.5) is 11.4 Å². The first kappa shape index (κ1) is 22.6. The maximum atomic E-state index is 6.14. The maximum absolute atomic E-state index is 6.14. The Balaban J connectivity index is 1.25. The van der Waals surface area contributed by atoms with Crippen molar-refractivity contribution in [1.82, 2.24) is 0 Å². The van der Waals surface area contributed by atoms with Crippen molar-refractivity contribution in [2.75, 3.05) is 5.32 Å². The first-order valence-electron chi connectivity index (χ1n) is 13.6. The summed E-state index contributed by atoms with van der Waals surface area (Å²) in [5, 5.41) is 10.9. The van der Waals surface area contributed by atoms with Gasteiger partial charge in [0.05, 0.1) is 0 Å². The minimum Gasteiger partial charge on any atom is -0.456 e. The predicted octanol–water partition coefficient (Wildman–Crippen LogP) is 11.0. The first-order chi connectivity index (χ1) is 19.8. The number of rotatable bonds is 4. The van der Waals surface area contributed by atoms with E-state index in [1.165, 1.54) is 43.8 Å². The predicted molar refractivity (Wildman–Crippen MR) is 169 cm³/mol. The van der Waals surface area contributed by atoms with Crippen molar-refractivity contribution in [3.63, 3.8) is 0 Å². The SMILES string of the molecule is c1ccc(-c2ccc(-c3ccc(Nc4ccc5c(c4)oc4ccccc45)c4ccccc34)c3ccccc23)cc1. The number of hydrogen-bond acceptors (Lipinski definition) is 2. The molecule has 7 aromatic carbocycles. The standard InChI is InChI=1S/C38H25NO/c1-2-10-25(11-3-1)27-20-21-31(29-13-5-4-12-28(27)29)32-22-23-36(33-15-7-6-14-30(32)33)39-26-18-19-35-34-16-8-9-17-37(34)40-38(35)24-26/h1-24,39H. The van der Waals surface area contributed by atoms with E-state index in [-0.39, 0.29) is 0 Å². The average molecular weight is 512 g/mol. The molecule has 0 bridgehead atoms. The van der Waals surface area contributed by atoms with Crippen LogP contribution in [0.1, 0.15) is 0 Å². The molecule has 2 heteroatoms. The van der Waals surface area contributed by atoms with Gasteiger partial charge in [-0.1, -0.05) is 115 Å². The fourth-order valence-electron chi connectivity index (χ4n) is 6.01. The Morgan fingerprint density at radius 2 is 0.925 bits per heavy atom. The number of furan rings is 1. The summed E-state index contributed by atoms with van der Waals surface area (Å²) < 4.78 is 6.14. The molecule has 8 aromatic rings. The summed E-state index contributed by atoms with van der Waals surface area (Å²) in [6.45, 7) is 0. The van der Waals surface area contributed by atoms with Crippen molar-refractivity contribution >= 4 is 54.9 Å². The molecule has 0 aliphatic heterocycles. The second-order valence-corrected chi connectivity index (χ2v) is 10.2. The first-order valence-corrected chi connectivity index (χ1v) is 13.6. The lowest BCUT2D eigenvalue weighted by Gasteiger charge is -2.16. The minimum absolute atomic E-state index is 0.886. The van der Waals surface area contributed by atoms with Gasteiger partial charge in [0.15, 0.2) is 0 Å². The van der Waals surface area contributed by atoms with Gasteiger partial charge in [-0.05, 0) is 62.7 Å². The van der Waals surface area contributed by atoms with Crippen molar-refractivity contribution in [3.05, 3.63) is 146 Å². The second-order valence-electron chi connectivity index (χ2n) is 10.2. The van der Waals surface area contributed by atoms with Gasteiger partial charge in [0, 0.05) is 33.6 Å². The van der Waals surface area contributed by atoms with E-state index in [1.54, 1.807) is 0 Å². The van der Waals surface area contributed by atoms with E-state index < -0.39 is 0 Å². The average Bonchev–Trinajstić information content (AvgIpc) is 3.39. The van der Waals surface area contributed by atoms with E-state index in [4.69, 9.17) is 4.42 Å². The Hall–Kier alpha value is -5.34. The van der Waals surface area contributed by atoms with Gasteiger partial charge in [-0.25, -0.2) is 0 Å². The molecule has 1 heterocycles. The second kappa shape index (κ2) is 9.14. The van der Waals surface area contributed by atoms with Gasteiger partial charge in [0.25, 0.3) is 0 Å². The molecule has 0 saturated heterocycles. The van der Waals surface area contributed by atoms with E-state index in [2.05, 4.69) is 139 Å². The molecular weight excluding hydrogens is 486 g/mol. The van der Waals surface area contributed by atoms with E-state index in [0.29, 0.717) is 0 Å². The van der Waals surface area contributed by atoms with Gasteiger partial charge in [-0.3, -0.25) is 0 Å². The van der Waals surface area contributed by atoms with Crippen LogP contribution in [0.15, 0.2) is 150 Å². The third-order valence-electron chi connectivity index (χ3n) is 7.88. The maximum Gasteiger partial charge on any atom is 0.137 e.